The Bertz CT molecular complexity index is 621. The van der Waals surface area contributed by atoms with E-state index in [1.807, 2.05) is 56.3 Å². The monoisotopic (exact) mass is 346 g/mol. The van der Waals surface area contributed by atoms with Crippen molar-refractivity contribution in [2.75, 3.05) is 5.43 Å². The second-order valence-corrected chi connectivity index (χ2v) is 5.95. The number of hydrazone groups is 1. The number of nitrogens with zero attached hydrogens (tertiary/aromatic N) is 1. The first-order chi connectivity index (χ1) is 10.0. The number of benzene rings is 2. The summed E-state index contributed by atoms with van der Waals surface area (Å²) in [6, 6.07) is 14.0. The van der Waals surface area contributed by atoms with E-state index >= 15 is 0 Å². The van der Waals surface area contributed by atoms with E-state index in [2.05, 4.69) is 33.4 Å². The molecule has 0 saturated carbocycles. The summed E-state index contributed by atoms with van der Waals surface area (Å²) in [5.74, 6) is 0.841. The highest BCUT2D eigenvalue weighted by atomic mass is 79.9. The first kappa shape index (κ1) is 15.6. The second kappa shape index (κ2) is 7.27. The van der Waals surface area contributed by atoms with E-state index < -0.39 is 0 Å². The Labute approximate surface area is 134 Å². The molecule has 3 nitrogen and oxygen atoms in total. The van der Waals surface area contributed by atoms with Gasteiger partial charge >= 0.3 is 0 Å². The van der Waals surface area contributed by atoms with Crippen LogP contribution in [0.2, 0.25) is 0 Å². The van der Waals surface area contributed by atoms with Gasteiger partial charge in [0.15, 0.2) is 0 Å². The van der Waals surface area contributed by atoms with Crippen molar-refractivity contribution in [3.63, 3.8) is 0 Å². The van der Waals surface area contributed by atoms with E-state index in [1.165, 1.54) is 5.56 Å². The molecule has 1 N–H and O–H groups in total. The number of rotatable bonds is 5. The Kier molecular flexibility index (Phi) is 5.39. The molecule has 0 amide bonds. The molecular formula is C17H19BrN2O. The third kappa shape index (κ3) is 4.90. The van der Waals surface area contributed by atoms with E-state index in [-0.39, 0.29) is 6.10 Å². The quantitative estimate of drug-likeness (QED) is 0.611. The Morgan fingerprint density at radius 3 is 2.48 bits per heavy atom. The fourth-order valence-electron chi connectivity index (χ4n) is 1.76. The van der Waals surface area contributed by atoms with Crippen molar-refractivity contribution in [1.82, 2.24) is 0 Å². The summed E-state index contributed by atoms with van der Waals surface area (Å²) in [7, 11) is 0. The average Bonchev–Trinajstić information content (AvgIpc) is 2.43. The molecule has 0 aliphatic rings. The van der Waals surface area contributed by atoms with Crippen LogP contribution in [0.3, 0.4) is 0 Å². The summed E-state index contributed by atoms with van der Waals surface area (Å²) in [5.41, 5.74) is 6.21. The molecule has 0 aliphatic heterocycles. The maximum absolute atomic E-state index is 5.68. The maximum atomic E-state index is 5.68. The third-order valence-electron chi connectivity index (χ3n) is 2.78. The van der Waals surface area contributed by atoms with Crippen molar-refractivity contribution in [2.24, 2.45) is 5.10 Å². The topological polar surface area (TPSA) is 33.6 Å². The molecule has 0 aliphatic carbocycles. The van der Waals surface area contributed by atoms with Crippen LogP contribution in [0.4, 0.5) is 5.69 Å². The highest BCUT2D eigenvalue weighted by Gasteiger charge is 2.03. The lowest BCUT2D eigenvalue weighted by molar-refractivity contribution is 0.241. The molecule has 0 atom stereocenters. The van der Waals surface area contributed by atoms with Crippen LogP contribution in [-0.4, -0.2) is 12.3 Å². The van der Waals surface area contributed by atoms with Gasteiger partial charge in [0, 0.05) is 0 Å². The van der Waals surface area contributed by atoms with Gasteiger partial charge in [-0.3, -0.25) is 5.43 Å². The standard InChI is InChI=1S/C17H19BrN2O/c1-12(2)21-17-9-6-14(10-16(17)18)11-19-20-15-7-4-13(3)5-8-15/h4-12,20H,1-3H3/b19-11+. The minimum Gasteiger partial charge on any atom is -0.490 e. The van der Waals surface area contributed by atoms with Crippen molar-refractivity contribution in [1.29, 1.82) is 0 Å². The van der Waals surface area contributed by atoms with Crippen LogP contribution in [0.15, 0.2) is 52.0 Å². The first-order valence-electron chi connectivity index (χ1n) is 6.86. The maximum Gasteiger partial charge on any atom is 0.133 e. The second-order valence-electron chi connectivity index (χ2n) is 5.09. The molecule has 110 valence electrons. The summed E-state index contributed by atoms with van der Waals surface area (Å²) in [6.07, 6.45) is 1.94. The lowest BCUT2D eigenvalue weighted by Crippen LogP contribution is -2.06. The number of hydrogen-bond donors (Lipinski definition) is 1. The number of halogens is 1. The van der Waals surface area contributed by atoms with Gasteiger partial charge in [0.1, 0.15) is 5.75 Å². The van der Waals surface area contributed by atoms with Gasteiger partial charge in [-0.25, -0.2) is 0 Å². The molecule has 2 rings (SSSR count). The predicted molar refractivity (Wildman–Crippen MR) is 92.3 cm³/mol. The molecular weight excluding hydrogens is 328 g/mol. The molecule has 0 bridgehead atoms. The third-order valence-corrected chi connectivity index (χ3v) is 3.40. The lowest BCUT2D eigenvalue weighted by atomic mass is 10.2. The van der Waals surface area contributed by atoms with Gasteiger partial charge in [-0.05, 0) is 72.6 Å². The number of anilines is 1. The Morgan fingerprint density at radius 2 is 1.86 bits per heavy atom. The van der Waals surface area contributed by atoms with Crippen molar-refractivity contribution in [3.8, 4) is 5.75 Å². The number of ether oxygens (including phenoxy) is 1. The summed E-state index contributed by atoms with van der Waals surface area (Å²) in [6.45, 7) is 6.08. The molecule has 0 radical (unpaired) electrons. The van der Waals surface area contributed by atoms with Gasteiger partial charge in [-0.15, -0.1) is 0 Å². The zero-order valence-corrected chi connectivity index (χ0v) is 14.0. The molecule has 0 heterocycles. The van der Waals surface area contributed by atoms with Gasteiger partial charge in [-0.1, -0.05) is 17.7 Å². The first-order valence-corrected chi connectivity index (χ1v) is 7.66. The number of nitrogens with one attached hydrogen (secondary N) is 1. The largest absolute Gasteiger partial charge is 0.490 e. The Balaban J connectivity index is 2.00. The van der Waals surface area contributed by atoms with Crippen molar-refractivity contribution in [3.05, 3.63) is 58.1 Å². The predicted octanol–water partition coefficient (Wildman–Crippen LogP) is 4.99. The molecule has 21 heavy (non-hydrogen) atoms. The SMILES string of the molecule is Cc1ccc(N/N=C/c2ccc(OC(C)C)c(Br)c2)cc1. The van der Waals surface area contributed by atoms with Crippen LogP contribution in [0, 0.1) is 6.92 Å². The van der Waals surface area contributed by atoms with Gasteiger partial charge < -0.3 is 4.74 Å². The summed E-state index contributed by atoms with van der Waals surface area (Å²) in [4.78, 5) is 0. The van der Waals surface area contributed by atoms with Crippen molar-refractivity contribution >= 4 is 27.8 Å². The van der Waals surface area contributed by atoms with Crippen LogP contribution >= 0.6 is 15.9 Å². The average molecular weight is 347 g/mol. The van der Waals surface area contributed by atoms with Crippen LogP contribution in [0.1, 0.15) is 25.0 Å². The molecule has 4 heteroatoms. The minimum atomic E-state index is 0.157. The molecule has 0 fully saturated rings. The molecule has 0 spiro atoms. The minimum absolute atomic E-state index is 0.157. The fraction of sp³-hybridized carbons (Fsp3) is 0.235. The molecule has 2 aromatic rings. The van der Waals surface area contributed by atoms with Crippen molar-refractivity contribution < 1.29 is 4.74 Å². The molecule has 0 saturated heterocycles. The fourth-order valence-corrected chi connectivity index (χ4v) is 2.25. The Morgan fingerprint density at radius 1 is 1.14 bits per heavy atom. The van der Waals surface area contributed by atoms with Crippen LogP contribution in [0.5, 0.6) is 5.75 Å². The van der Waals surface area contributed by atoms with Gasteiger partial charge in [-0.2, -0.15) is 5.10 Å². The highest BCUT2D eigenvalue weighted by Crippen LogP contribution is 2.26. The Hall–Kier alpha value is -1.81. The molecule has 0 unspecified atom stereocenters. The van der Waals surface area contributed by atoms with Crippen LogP contribution in [0.25, 0.3) is 0 Å². The van der Waals surface area contributed by atoms with E-state index in [1.54, 1.807) is 6.21 Å². The zero-order valence-electron chi connectivity index (χ0n) is 12.4. The smallest absolute Gasteiger partial charge is 0.133 e. The van der Waals surface area contributed by atoms with Gasteiger partial charge in [0.05, 0.1) is 22.5 Å². The summed E-state index contributed by atoms with van der Waals surface area (Å²) >= 11 is 3.51. The van der Waals surface area contributed by atoms with Gasteiger partial charge in [0.2, 0.25) is 0 Å². The van der Waals surface area contributed by atoms with Crippen molar-refractivity contribution in [2.45, 2.75) is 26.9 Å². The normalized spacial score (nSPS) is 11.1. The number of hydrogen-bond acceptors (Lipinski definition) is 3. The zero-order chi connectivity index (χ0) is 15.2. The van der Waals surface area contributed by atoms with Crippen LogP contribution in [-0.2, 0) is 0 Å². The lowest BCUT2D eigenvalue weighted by Gasteiger charge is -2.11. The summed E-state index contributed by atoms with van der Waals surface area (Å²) < 4.78 is 6.60. The van der Waals surface area contributed by atoms with E-state index in [0.29, 0.717) is 0 Å². The van der Waals surface area contributed by atoms with E-state index in [4.69, 9.17) is 4.74 Å². The molecule has 2 aromatic carbocycles. The van der Waals surface area contributed by atoms with E-state index in [0.717, 1.165) is 21.5 Å². The van der Waals surface area contributed by atoms with E-state index in [9.17, 15) is 0 Å². The molecule has 0 aromatic heterocycles. The van der Waals surface area contributed by atoms with Gasteiger partial charge in [0.25, 0.3) is 0 Å². The summed E-state index contributed by atoms with van der Waals surface area (Å²) in [5, 5.41) is 4.24. The number of aryl methyl sites for hydroxylation is 1. The highest BCUT2D eigenvalue weighted by molar-refractivity contribution is 9.10. The van der Waals surface area contributed by atoms with Crippen LogP contribution < -0.4 is 10.2 Å².